The van der Waals surface area contributed by atoms with Gasteiger partial charge >= 0.3 is 0 Å². The second-order valence-corrected chi connectivity index (χ2v) is 6.17. The molecule has 0 amide bonds. The lowest BCUT2D eigenvalue weighted by atomic mass is 10.1. The smallest absolute Gasteiger partial charge is 0.0561 e. The van der Waals surface area contributed by atoms with Gasteiger partial charge in [0, 0.05) is 6.54 Å². The van der Waals surface area contributed by atoms with Gasteiger partial charge in [-0.25, -0.2) is 0 Å². The molecule has 0 bridgehead atoms. The monoisotopic (exact) mass is 307 g/mol. The Balaban J connectivity index is 1.52. The van der Waals surface area contributed by atoms with Crippen molar-refractivity contribution in [1.29, 1.82) is 0 Å². The van der Waals surface area contributed by atoms with Gasteiger partial charge in [-0.3, -0.25) is 10.3 Å². The van der Waals surface area contributed by atoms with Gasteiger partial charge in [-0.05, 0) is 49.2 Å². The van der Waals surface area contributed by atoms with E-state index in [4.69, 9.17) is 0 Å². The van der Waals surface area contributed by atoms with Crippen LogP contribution in [-0.2, 0) is 6.54 Å². The van der Waals surface area contributed by atoms with E-state index in [0.29, 0.717) is 0 Å². The summed E-state index contributed by atoms with van der Waals surface area (Å²) in [5, 5.41) is 4.28. The number of hydrazone groups is 1. The van der Waals surface area contributed by atoms with Gasteiger partial charge < -0.3 is 0 Å². The quantitative estimate of drug-likeness (QED) is 0.650. The third-order valence-electron chi connectivity index (χ3n) is 4.27. The maximum Gasteiger partial charge on any atom is 0.0561 e. The maximum absolute atomic E-state index is 4.28. The fourth-order valence-electron chi connectivity index (χ4n) is 2.96. The lowest BCUT2D eigenvalue weighted by Crippen LogP contribution is -2.23. The topological polar surface area (TPSA) is 27.6 Å². The number of anilines is 1. The third kappa shape index (κ3) is 5.22. The molecule has 1 aliphatic rings. The molecule has 3 nitrogen and oxygen atoms in total. The molecule has 0 aromatic heterocycles. The van der Waals surface area contributed by atoms with E-state index in [2.05, 4.69) is 39.7 Å². The highest BCUT2D eigenvalue weighted by atomic mass is 15.3. The number of nitrogens with one attached hydrogen (secondary N) is 1. The van der Waals surface area contributed by atoms with Gasteiger partial charge in [-0.1, -0.05) is 55.3 Å². The van der Waals surface area contributed by atoms with Crippen molar-refractivity contribution in [3.05, 3.63) is 65.7 Å². The molecular formula is C20H25N3. The second kappa shape index (κ2) is 8.49. The number of para-hydroxylation sites is 1. The van der Waals surface area contributed by atoms with E-state index in [1.807, 2.05) is 36.5 Å². The molecule has 0 atom stereocenters. The van der Waals surface area contributed by atoms with Crippen molar-refractivity contribution in [1.82, 2.24) is 4.90 Å². The normalized spacial score (nSPS) is 16.3. The molecule has 1 aliphatic heterocycles. The van der Waals surface area contributed by atoms with E-state index in [1.165, 1.54) is 44.3 Å². The molecule has 120 valence electrons. The Morgan fingerprint density at radius 1 is 0.870 bits per heavy atom. The Bertz CT molecular complexity index is 597. The summed E-state index contributed by atoms with van der Waals surface area (Å²) in [5.74, 6) is 0. The summed E-state index contributed by atoms with van der Waals surface area (Å²) in [7, 11) is 0. The first kappa shape index (κ1) is 15.8. The number of nitrogens with zero attached hydrogens (tertiary/aromatic N) is 2. The Morgan fingerprint density at radius 2 is 1.57 bits per heavy atom. The molecule has 0 unspecified atom stereocenters. The van der Waals surface area contributed by atoms with Crippen LogP contribution in [0.1, 0.15) is 36.8 Å². The van der Waals surface area contributed by atoms with Crippen LogP contribution in [0.2, 0.25) is 0 Å². The summed E-state index contributed by atoms with van der Waals surface area (Å²) in [6, 6.07) is 18.7. The van der Waals surface area contributed by atoms with Crippen LogP contribution in [0, 0.1) is 0 Å². The van der Waals surface area contributed by atoms with Crippen LogP contribution in [0.5, 0.6) is 0 Å². The zero-order chi connectivity index (χ0) is 15.7. The third-order valence-corrected chi connectivity index (χ3v) is 4.27. The highest BCUT2D eigenvalue weighted by molar-refractivity contribution is 5.80. The van der Waals surface area contributed by atoms with E-state index >= 15 is 0 Å². The molecular weight excluding hydrogens is 282 g/mol. The minimum Gasteiger partial charge on any atom is -0.299 e. The first-order chi connectivity index (χ1) is 11.4. The van der Waals surface area contributed by atoms with E-state index in [0.717, 1.165) is 17.8 Å². The molecule has 0 aliphatic carbocycles. The number of hydrogen-bond donors (Lipinski definition) is 1. The zero-order valence-electron chi connectivity index (χ0n) is 13.6. The highest BCUT2D eigenvalue weighted by Gasteiger charge is 2.09. The molecule has 0 spiro atoms. The van der Waals surface area contributed by atoms with E-state index < -0.39 is 0 Å². The van der Waals surface area contributed by atoms with Gasteiger partial charge in [0.15, 0.2) is 0 Å². The SMILES string of the molecule is C(=NNc1ccccc1)c1ccc(CN2CCCCCC2)cc1. The van der Waals surface area contributed by atoms with Crippen molar-refractivity contribution < 1.29 is 0 Å². The molecule has 1 N–H and O–H groups in total. The van der Waals surface area contributed by atoms with Gasteiger partial charge in [0.05, 0.1) is 11.9 Å². The summed E-state index contributed by atoms with van der Waals surface area (Å²) in [4.78, 5) is 2.58. The molecule has 0 saturated carbocycles. The van der Waals surface area contributed by atoms with E-state index in [9.17, 15) is 0 Å². The van der Waals surface area contributed by atoms with Crippen molar-refractivity contribution >= 4 is 11.9 Å². The highest BCUT2D eigenvalue weighted by Crippen LogP contribution is 2.13. The second-order valence-electron chi connectivity index (χ2n) is 6.17. The fourth-order valence-corrected chi connectivity index (χ4v) is 2.96. The van der Waals surface area contributed by atoms with E-state index in [1.54, 1.807) is 0 Å². The summed E-state index contributed by atoms with van der Waals surface area (Å²) >= 11 is 0. The molecule has 2 aromatic rings. The van der Waals surface area contributed by atoms with Crippen molar-refractivity contribution in [2.24, 2.45) is 5.10 Å². The Morgan fingerprint density at radius 3 is 2.26 bits per heavy atom. The molecule has 0 radical (unpaired) electrons. The average molecular weight is 307 g/mol. The van der Waals surface area contributed by atoms with Crippen LogP contribution in [0.25, 0.3) is 0 Å². The Hall–Kier alpha value is -2.13. The summed E-state index contributed by atoms with van der Waals surface area (Å²) < 4.78 is 0. The number of likely N-dealkylation sites (tertiary alicyclic amines) is 1. The van der Waals surface area contributed by atoms with Crippen molar-refractivity contribution in [3.8, 4) is 0 Å². The van der Waals surface area contributed by atoms with Crippen LogP contribution in [0.15, 0.2) is 59.7 Å². The number of benzene rings is 2. The summed E-state index contributed by atoms with van der Waals surface area (Å²) in [6.45, 7) is 3.55. The van der Waals surface area contributed by atoms with Crippen LogP contribution < -0.4 is 5.43 Å². The average Bonchev–Trinajstić information content (AvgIpc) is 2.86. The van der Waals surface area contributed by atoms with Crippen LogP contribution in [0.4, 0.5) is 5.69 Å². The molecule has 1 fully saturated rings. The Kier molecular flexibility index (Phi) is 5.81. The first-order valence-corrected chi connectivity index (χ1v) is 8.55. The maximum atomic E-state index is 4.28. The molecule has 2 aromatic carbocycles. The van der Waals surface area contributed by atoms with E-state index in [-0.39, 0.29) is 0 Å². The molecule has 3 heteroatoms. The summed E-state index contributed by atoms with van der Waals surface area (Å²) in [6.07, 6.45) is 7.33. The lowest BCUT2D eigenvalue weighted by molar-refractivity contribution is 0.277. The molecule has 23 heavy (non-hydrogen) atoms. The minimum atomic E-state index is 1.00. The predicted molar refractivity (Wildman–Crippen MR) is 97.8 cm³/mol. The zero-order valence-corrected chi connectivity index (χ0v) is 13.6. The van der Waals surface area contributed by atoms with Crippen molar-refractivity contribution in [3.63, 3.8) is 0 Å². The van der Waals surface area contributed by atoms with Gasteiger partial charge in [-0.15, -0.1) is 0 Å². The minimum absolute atomic E-state index is 1.00. The Labute approximate surface area is 139 Å². The van der Waals surface area contributed by atoms with Crippen molar-refractivity contribution in [2.75, 3.05) is 18.5 Å². The number of hydrogen-bond acceptors (Lipinski definition) is 3. The first-order valence-electron chi connectivity index (χ1n) is 8.55. The standard InChI is InChI=1S/C20H25N3/c1-2-7-15-23(14-6-1)17-19-12-10-18(11-13-19)16-21-22-20-8-4-3-5-9-20/h3-5,8-13,16,22H,1-2,6-7,14-15,17H2. The van der Waals surface area contributed by atoms with Crippen LogP contribution in [0.3, 0.4) is 0 Å². The fraction of sp³-hybridized carbons (Fsp3) is 0.350. The van der Waals surface area contributed by atoms with Gasteiger partial charge in [0.2, 0.25) is 0 Å². The largest absolute Gasteiger partial charge is 0.299 e. The van der Waals surface area contributed by atoms with Crippen LogP contribution in [-0.4, -0.2) is 24.2 Å². The molecule has 1 saturated heterocycles. The van der Waals surface area contributed by atoms with Gasteiger partial charge in [-0.2, -0.15) is 5.10 Å². The van der Waals surface area contributed by atoms with Crippen LogP contribution >= 0.6 is 0 Å². The molecule has 1 heterocycles. The van der Waals surface area contributed by atoms with Crippen molar-refractivity contribution in [2.45, 2.75) is 32.2 Å². The van der Waals surface area contributed by atoms with Gasteiger partial charge in [0.25, 0.3) is 0 Å². The number of rotatable bonds is 5. The molecule has 3 rings (SSSR count). The predicted octanol–water partition coefficient (Wildman–Crippen LogP) is 4.51. The lowest BCUT2D eigenvalue weighted by Gasteiger charge is -2.19. The summed E-state index contributed by atoms with van der Waals surface area (Å²) in [5.41, 5.74) is 6.55. The van der Waals surface area contributed by atoms with Gasteiger partial charge in [0.1, 0.15) is 0 Å².